The van der Waals surface area contributed by atoms with Crippen LogP contribution in [0.25, 0.3) is 0 Å². The zero-order valence-electron chi connectivity index (χ0n) is 12.8. The summed E-state index contributed by atoms with van der Waals surface area (Å²) in [6.07, 6.45) is 0. The maximum atomic E-state index is 5.28. The van der Waals surface area contributed by atoms with Crippen LogP contribution in [0.4, 0.5) is 5.69 Å². The Morgan fingerprint density at radius 3 is 2.00 bits per heavy atom. The normalized spacial score (nSPS) is 11.6. The fourth-order valence-corrected chi connectivity index (χ4v) is 2.13. The first kappa shape index (κ1) is 15.0. The second-order valence-electron chi connectivity index (χ2n) is 4.74. The van der Waals surface area contributed by atoms with Crippen molar-refractivity contribution in [3.05, 3.63) is 48.0 Å². The first-order valence-corrected chi connectivity index (χ1v) is 6.80. The summed E-state index contributed by atoms with van der Waals surface area (Å²) in [5, 5.41) is 3.44. The molecular weight excluding hydrogens is 266 g/mol. The van der Waals surface area contributed by atoms with Crippen LogP contribution < -0.4 is 19.5 Å². The van der Waals surface area contributed by atoms with Crippen LogP contribution in [0.3, 0.4) is 0 Å². The van der Waals surface area contributed by atoms with Gasteiger partial charge in [-0.15, -0.1) is 0 Å². The van der Waals surface area contributed by atoms with Crippen molar-refractivity contribution in [1.82, 2.24) is 0 Å². The molecule has 2 aromatic carbocycles. The van der Waals surface area contributed by atoms with Gasteiger partial charge in [-0.1, -0.05) is 12.1 Å². The second kappa shape index (κ2) is 6.88. The molecule has 0 aliphatic carbocycles. The van der Waals surface area contributed by atoms with Crippen molar-refractivity contribution in [2.45, 2.75) is 13.0 Å². The van der Waals surface area contributed by atoms with Crippen molar-refractivity contribution in [1.29, 1.82) is 0 Å². The molecule has 4 heteroatoms. The predicted octanol–water partition coefficient (Wildman–Crippen LogP) is 3.89. The number of anilines is 1. The summed E-state index contributed by atoms with van der Waals surface area (Å²) in [6, 6.07) is 13.9. The lowest BCUT2D eigenvalue weighted by Gasteiger charge is -2.17. The molecule has 0 aromatic heterocycles. The number of benzene rings is 2. The van der Waals surface area contributed by atoms with Gasteiger partial charge in [0.1, 0.15) is 17.2 Å². The number of hydrogen-bond donors (Lipinski definition) is 1. The van der Waals surface area contributed by atoms with E-state index in [0.717, 1.165) is 28.5 Å². The van der Waals surface area contributed by atoms with Crippen molar-refractivity contribution in [2.75, 3.05) is 26.6 Å². The van der Waals surface area contributed by atoms with Crippen molar-refractivity contribution < 1.29 is 14.2 Å². The van der Waals surface area contributed by atoms with E-state index >= 15 is 0 Å². The first-order valence-electron chi connectivity index (χ1n) is 6.80. The molecule has 0 saturated heterocycles. The number of hydrogen-bond acceptors (Lipinski definition) is 4. The molecule has 0 bridgehead atoms. The molecule has 0 saturated carbocycles. The Hall–Kier alpha value is -2.36. The standard InChI is InChI=1S/C17H21NO3/c1-12(13-6-5-7-15(8-13)19-2)18-14-9-16(20-3)11-17(10-14)21-4/h5-12,18H,1-4H3. The highest BCUT2D eigenvalue weighted by Crippen LogP contribution is 2.29. The lowest BCUT2D eigenvalue weighted by Crippen LogP contribution is -2.07. The molecule has 1 unspecified atom stereocenters. The third-order valence-corrected chi connectivity index (χ3v) is 3.33. The zero-order valence-corrected chi connectivity index (χ0v) is 12.8. The second-order valence-corrected chi connectivity index (χ2v) is 4.74. The molecular formula is C17H21NO3. The smallest absolute Gasteiger partial charge is 0.124 e. The summed E-state index contributed by atoms with van der Waals surface area (Å²) in [5.74, 6) is 2.37. The Morgan fingerprint density at radius 1 is 0.810 bits per heavy atom. The Labute approximate surface area is 125 Å². The molecule has 0 radical (unpaired) electrons. The monoisotopic (exact) mass is 287 g/mol. The fraction of sp³-hybridized carbons (Fsp3) is 0.294. The van der Waals surface area contributed by atoms with E-state index in [2.05, 4.69) is 18.3 Å². The van der Waals surface area contributed by atoms with E-state index < -0.39 is 0 Å². The van der Waals surface area contributed by atoms with E-state index in [1.165, 1.54) is 0 Å². The van der Waals surface area contributed by atoms with Gasteiger partial charge in [-0.05, 0) is 24.6 Å². The van der Waals surface area contributed by atoms with Crippen LogP contribution in [0.2, 0.25) is 0 Å². The Bertz CT molecular complexity index is 576. The van der Waals surface area contributed by atoms with Gasteiger partial charge in [0.25, 0.3) is 0 Å². The summed E-state index contributed by atoms with van der Waals surface area (Å²) in [7, 11) is 4.96. The molecule has 0 amide bonds. The summed E-state index contributed by atoms with van der Waals surface area (Å²) < 4.78 is 15.8. The quantitative estimate of drug-likeness (QED) is 0.875. The number of methoxy groups -OCH3 is 3. The fourth-order valence-electron chi connectivity index (χ4n) is 2.13. The van der Waals surface area contributed by atoms with Crippen molar-refractivity contribution >= 4 is 5.69 Å². The van der Waals surface area contributed by atoms with Gasteiger partial charge in [-0.25, -0.2) is 0 Å². The molecule has 1 N–H and O–H groups in total. The number of rotatable bonds is 6. The van der Waals surface area contributed by atoms with E-state index in [9.17, 15) is 0 Å². The average molecular weight is 287 g/mol. The highest BCUT2D eigenvalue weighted by atomic mass is 16.5. The molecule has 0 fully saturated rings. The van der Waals surface area contributed by atoms with Gasteiger partial charge < -0.3 is 19.5 Å². The molecule has 0 heterocycles. The van der Waals surface area contributed by atoms with Crippen molar-refractivity contribution in [3.63, 3.8) is 0 Å². The van der Waals surface area contributed by atoms with Crippen molar-refractivity contribution in [2.24, 2.45) is 0 Å². The third kappa shape index (κ3) is 3.81. The van der Waals surface area contributed by atoms with Gasteiger partial charge in [0.2, 0.25) is 0 Å². The van der Waals surface area contributed by atoms with Crippen molar-refractivity contribution in [3.8, 4) is 17.2 Å². The molecule has 2 rings (SSSR count). The lowest BCUT2D eigenvalue weighted by molar-refractivity contribution is 0.394. The summed E-state index contributed by atoms with van der Waals surface area (Å²) >= 11 is 0. The van der Waals surface area contributed by atoms with Crippen LogP contribution in [0.5, 0.6) is 17.2 Å². The van der Waals surface area contributed by atoms with Crippen LogP contribution in [-0.4, -0.2) is 21.3 Å². The average Bonchev–Trinajstić information content (AvgIpc) is 2.54. The number of ether oxygens (including phenoxy) is 3. The minimum Gasteiger partial charge on any atom is -0.497 e. The Balaban J connectivity index is 2.20. The largest absolute Gasteiger partial charge is 0.497 e. The molecule has 21 heavy (non-hydrogen) atoms. The van der Waals surface area contributed by atoms with Gasteiger partial charge in [-0.2, -0.15) is 0 Å². The molecule has 0 spiro atoms. The molecule has 1 atom stereocenters. The van der Waals surface area contributed by atoms with Gasteiger partial charge in [-0.3, -0.25) is 0 Å². The van der Waals surface area contributed by atoms with Gasteiger partial charge in [0.05, 0.1) is 21.3 Å². The zero-order chi connectivity index (χ0) is 15.2. The number of nitrogens with one attached hydrogen (secondary N) is 1. The topological polar surface area (TPSA) is 39.7 Å². The highest BCUT2D eigenvalue weighted by Gasteiger charge is 2.08. The lowest BCUT2D eigenvalue weighted by atomic mass is 10.1. The van der Waals surface area contributed by atoms with Crippen LogP contribution in [0, 0.1) is 0 Å². The predicted molar refractivity (Wildman–Crippen MR) is 84.6 cm³/mol. The summed E-state index contributed by atoms with van der Waals surface area (Å²) in [4.78, 5) is 0. The van der Waals surface area contributed by atoms with Gasteiger partial charge in [0.15, 0.2) is 0 Å². The summed E-state index contributed by atoms with van der Waals surface area (Å²) in [5.41, 5.74) is 2.10. The Kier molecular flexibility index (Phi) is 4.93. The van der Waals surface area contributed by atoms with E-state index in [-0.39, 0.29) is 6.04 Å². The molecule has 0 aliphatic rings. The SMILES string of the molecule is COc1cc(NC(C)c2cccc(OC)c2)cc(OC)c1. The molecule has 112 valence electrons. The van der Waals surface area contributed by atoms with Crippen LogP contribution in [0.15, 0.2) is 42.5 Å². The maximum Gasteiger partial charge on any atom is 0.124 e. The van der Waals surface area contributed by atoms with E-state index in [0.29, 0.717) is 0 Å². The van der Waals surface area contributed by atoms with E-state index in [1.807, 2.05) is 36.4 Å². The third-order valence-electron chi connectivity index (χ3n) is 3.33. The highest BCUT2D eigenvalue weighted by molar-refractivity contribution is 5.55. The van der Waals surface area contributed by atoms with Crippen LogP contribution in [0.1, 0.15) is 18.5 Å². The molecule has 2 aromatic rings. The van der Waals surface area contributed by atoms with E-state index in [4.69, 9.17) is 14.2 Å². The first-order chi connectivity index (χ1) is 10.2. The minimum atomic E-state index is 0.136. The van der Waals surface area contributed by atoms with Crippen LogP contribution in [-0.2, 0) is 0 Å². The molecule has 4 nitrogen and oxygen atoms in total. The Morgan fingerprint density at radius 2 is 1.43 bits per heavy atom. The van der Waals surface area contributed by atoms with Crippen LogP contribution >= 0.6 is 0 Å². The summed E-state index contributed by atoms with van der Waals surface area (Å²) in [6.45, 7) is 2.10. The van der Waals surface area contributed by atoms with Gasteiger partial charge >= 0.3 is 0 Å². The van der Waals surface area contributed by atoms with E-state index in [1.54, 1.807) is 21.3 Å². The molecule has 0 aliphatic heterocycles. The maximum absolute atomic E-state index is 5.28. The van der Waals surface area contributed by atoms with Gasteiger partial charge in [0, 0.05) is 29.9 Å². The minimum absolute atomic E-state index is 0.136.